The second kappa shape index (κ2) is 6.74. The van der Waals surface area contributed by atoms with Crippen LogP contribution >= 0.6 is 11.8 Å². The molecule has 0 aromatic heterocycles. The summed E-state index contributed by atoms with van der Waals surface area (Å²) in [6.45, 7) is 1.39. The first kappa shape index (κ1) is 16.2. The fraction of sp³-hybridized carbons (Fsp3) is 0.333. The molecular weight excluding hydrogens is 306 g/mol. The maximum atomic E-state index is 12.4. The fourth-order valence-corrected chi connectivity index (χ4v) is 2.93. The molecule has 1 heterocycles. The third-order valence-electron chi connectivity index (χ3n) is 3.37. The van der Waals surface area contributed by atoms with Crippen LogP contribution in [0.4, 0.5) is 0 Å². The highest BCUT2D eigenvalue weighted by molar-refractivity contribution is 8.13. The van der Waals surface area contributed by atoms with Gasteiger partial charge in [-0.2, -0.15) is 0 Å². The predicted octanol–water partition coefficient (Wildman–Crippen LogP) is 1.33. The minimum atomic E-state index is -1.21. The van der Waals surface area contributed by atoms with E-state index < -0.39 is 23.8 Å². The number of hydrogen-bond donors (Lipinski definition) is 1. The number of rotatable bonds is 4. The number of carbonyl (C=O) groups is 4. The first-order chi connectivity index (χ1) is 10.4. The number of fused-ring (bicyclic) bond motifs is 1. The molecule has 7 heteroatoms. The molecule has 0 aliphatic carbocycles. The van der Waals surface area contributed by atoms with Gasteiger partial charge in [-0.15, -0.1) is 0 Å². The standard InChI is InChI=1S/C15H15NO5S/c1-9(17)22-7-6-13(18)16-12(15(20)21)8-10-4-2-3-5-11(10)14(16)19/h2-5,12H,6-8H2,1H3,(H,20,21). The van der Waals surface area contributed by atoms with Crippen molar-refractivity contribution in [2.45, 2.75) is 25.8 Å². The average molecular weight is 321 g/mol. The van der Waals surface area contributed by atoms with Gasteiger partial charge in [0, 0.05) is 31.1 Å². The van der Waals surface area contributed by atoms with Crippen LogP contribution in [-0.4, -0.2) is 44.7 Å². The van der Waals surface area contributed by atoms with Gasteiger partial charge in [0.1, 0.15) is 6.04 Å². The molecule has 1 aromatic rings. The zero-order valence-electron chi connectivity index (χ0n) is 11.9. The molecule has 1 aliphatic heterocycles. The van der Waals surface area contributed by atoms with Crippen molar-refractivity contribution in [2.24, 2.45) is 0 Å². The lowest BCUT2D eigenvalue weighted by atomic mass is 9.93. The number of carboxylic acids is 1. The van der Waals surface area contributed by atoms with Crippen LogP contribution in [-0.2, 0) is 20.8 Å². The highest BCUT2D eigenvalue weighted by atomic mass is 32.2. The van der Waals surface area contributed by atoms with E-state index in [9.17, 15) is 24.3 Å². The van der Waals surface area contributed by atoms with Crippen LogP contribution in [0.5, 0.6) is 0 Å². The Balaban J connectivity index is 2.23. The Morgan fingerprint density at radius 2 is 2.00 bits per heavy atom. The van der Waals surface area contributed by atoms with Crippen LogP contribution in [0.3, 0.4) is 0 Å². The molecule has 0 spiro atoms. The lowest BCUT2D eigenvalue weighted by molar-refractivity contribution is -0.148. The molecule has 2 amide bonds. The summed E-state index contributed by atoms with van der Waals surface area (Å²) < 4.78 is 0. The molecular formula is C15H15NO5S. The average Bonchev–Trinajstić information content (AvgIpc) is 2.46. The Bertz CT molecular complexity index is 643. The van der Waals surface area contributed by atoms with E-state index in [0.29, 0.717) is 11.1 Å². The summed E-state index contributed by atoms with van der Waals surface area (Å²) in [5.41, 5.74) is 0.981. The minimum Gasteiger partial charge on any atom is -0.480 e. The summed E-state index contributed by atoms with van der Waals surface area (Å²) in [5.74, 6) is -2.14. The SMILES string of the molecule is CC(=O)SCCC(=O)N1C(=O)c2ccccc2CC1C(=O)O. The lowest BCUT2D eigenvalue weighted by Crippen LogP contribution is -2.52. The zero-order chi connectivity index (χ0) is 16.3. The van der Waals surface area contributed by atoms with Gasteiger partial charge < -0.3 is 5.11 Å². The Morgan fingerprint density at radius 3 is 2.64 bits per heavy atom. The van der Waals surface area contributed by atoms with Crippen molar-refractivity contribution in [1.82, 2.24) is 4.90 Å². The molecule has 1 aliphatic rings. The predicted molar refractivity (Wildman–Crippen MR) is 80.5 cm³/mol. The molecule has 0 bridgehead atoms. The van der Waals surface area contributed by atoms with Crippen molar-refractivity contribution in [1.29, 1.82) is 0 Å². The third kappa shape index (κ3) is 3.36. The highest BCUT2D eigenvalue weighted by Crippen LogP contribution is 2.24. The molecule has 1 unspecified atom stereocenters. The van der Waals surface area contributed by atoms with E-state index in [1.807, 2.05) is 0 Å². The molecule has 0 radical (unpaired) electrons. The number of thioether (sulfide) groups is 1. The van der Waals surface area contributed by atoms with E-state index in [1.54, 1.807) is 24.3 Å². The maximum Gasteiger partial charge on any atom is 0.327 e. The molecule has 116 valence electrons. The molecule has 6 nitrogen and oxygen atoms in total. The van der Waals surface area contributed by atoms with E-state index >= 15 is 0 Å². The quantitative estimate of drug-likeness (QED) is 0.899. The van der Waals surface area contributed by atoms with E-state index in [4.69, 9.17) is 0 Å². The van der Waals surface area contributed by atoms with Crippen molar-refractivity contribution in [3.05, 3.63) is 35.4 Å². The number of imide groups is 1. The molecule has 0 fully saturated rings. The van der Waals surface area contributed by atoms with Crippen molar-refractivity contribution < 1.29 is 24.3 Å². The Hall–Kier alpha value is -2.15. The number of benzene rings is 1. The molecule has 1 aromatic carbocycles. The normalized spacial score (nSPS) is 17.0. The number of amides is 2. The monoisotopic (exact) mass is 321 g/mol. The summed E-state index contributed by atoms with van der Waals surface area (Å²) in [5, 5.41) is 9.18. The van der Waals surface area contributed by atoms with Crippen LogP contribution < -0.4 is 0 Å². The summed E-state index contributed by atoms with van der Waals surface area (Å²) >= 11 is 0.975. The number of carboxylic acid groups (broad SMARTS) is 1. The second-order valence-electron chi connectivity index (χ2n) is 4.87. The first-order valence-electron chi connectivity index (χ1n) is 6.72. The second-order valence-corrected chi connectivity index (χ2v) is 6.15. The topological polar surface area (TPSA) is 91.8 Å². The molecule has 0 saturated carbocycles. The number of carbonyl (C=O) groups excluding carboxylic acids is 3. The number of nitrogens with zero attached hydrogens (tertiary/aromatic N) is 1. The number of hydrogen-bond acceptors (Lipinski definition) is 5. The van der Waals surface area contributed by atoms with Crippen molar-refractivity contribution >= 4 is 34.7 Å². The van der Waals surface area contributed by atoms with Gasteiger partial charge >= 0.3 is 5.97 Å². The molecule has 1 N–H and O–H groups in total. The summed E-state index contributed by atoms with van der Waals surface area (Å²) in [6.07, 6.45) is 0.0464. The maximum absolute atomic E-state index is 12.4. The first-order valence-corrected chi connectivity index (χ1v) is 7.71. The van der Waals surface area contributed by atoms with Gasteiger partial charge in [0.15, 0.2) is 5.12 Å². The van der Waals surface area contributed by atoms with Crippen molar-refractivity contribution in [3.63, 3.8) is 0 Å². The van der Waals surface area contributed by atoms with Gasteiger partial charge in [-0.1, -0.05) is 30.0 Å². The smallest absolute Gasteiger partial charge is 0.327 e. The van der Waals surface area contributed by atoms with Crippen LogP contribution in [0.25, 0.3) is 0 Å². The van der Waals surface area contributed by atoms with Crippen LogP contribution in [0.1, 0.15) is 29.3 Å². The van der Waals surface area contributed by atoms with Gasteiger partial charge in [0.2, 0.25) is 5.91 Å². The van der Waals surface area contributed by atoms with Crippen molar-refractivity contribution in [2.75, 3.05) is 5.75 Å². The zero-order valence-corrected chi connectivity index (χ0v) is 12.8. The van der Waals surface area contributed by atoms with Crippen LogP contribution in [0.2, 0.25) is 0 Å². The summed E-state index contributed by atoms with van der Waals surface area (Å²) in [7, 11) is 0. The van der Waals surface area contributed by atoms with Gasteiger partial charge in [-0.05, 0) is 11.6 Å². The van der Waals surface area contributed by atoms with Crippen LogP contribution in [0, 0.1) is 0 Å². The highest BCUT2D eigenvalue weighted by Gasteiger charge is 2.39. The van der Waals surface area contributed by atoms with E-state index in [0.717, 1.165) is 16.7 Å². The molecule has 0 saturated heterocycles. The Kier molecular flexibility index (Phi) is 4.97. The molecule has 22 heavy (non-hydrogen) atoms. The van der Waals surface area contributed by atoms with Gasteiger partial charge in [0.05, 0.1) is 0 Å². The summed E-state index contributed by atoms with van der Waals surface area (Å²) in [6, 6.07) is 5.48. The molecule has 1 atom stereocenters. The Morgan fingerprint density at radius 1 is 1.32 bits per heavy atom. The van der Waals surface area contributed by atoms with Gasteiger partial charge in [0.25, 0.3) is 5.91 Å². The van der Waals surface area contributed by atoms with Gasteiger partial charge in [-0.3, -0.25) is 19.3 Å². The van der Waals surface area contributed by atoms with E-state index in [-0.39, 0.29) is 23.7 Å². The van der Waals surface area contributed by atoms with Crippen molar-refractivity contribution in [3.8, 4) is 0 Å². The fourth-order valence-electron chi connectivity index (χ4n) is 2.37. The van der Waals surface area contributed by atoms with E-state index in [1.165, 1.54) is 6.92 Å². The minimum absolute atomic E-state index is 0.0536. The van der Waals surface area contributed by atoms with Gasteiger partial charge in [-0.25, -0.2) is 4.79 Å². The summed E-state index contributed by atoms with van der Waals surface area (Å²) in [4.78, 5) is 47.8. The third-order valence-corrected chi connectivity index (χ3v) is 4.18. The van der Waals surface area contributed by atoms with E-state index in [2.05, 4.69) is 0 Å². The Labute approximate surface area is 131 Å². The molecule has 2 rings (SSSR count). The lowest BCUT2D eigenvalue weighted by Gasteiger charge is -2.32. The number of aliphatic carboxylic acids is 1. The largest absolute Gasteiger partial charge is 0.480 e. The van der Waals surface area contributed by atoms with Crippen LogP contribution in [0.15, 0.2) is 24.3 Å².